The number of aromatic nitrogens is 5. The maximum atomic E-state index is 13.7. The van der Waals surface area contributed by atoms with E-state index in [0.717, 1.165) is 30.6 Å². The first kappa shape index (κ1) is 20.5. The molecule has 0 unspecified atom stereocenters. The maximum absolute atomic E-state index is 13.7. The number of amides is 1. The number of hydrogen-bond acceptors (Lipinski definition) is 6. The van der Waals surface area contributed by atoms with E-state index in [1.54, 1.807) is 34.1 Å². The van der Waals surface area contributed by atoms with E-state index in [2.05, 4.69) is 25.6 Å². The number of pyridine rings is 2. The molecule has 8 nitrogen and oxygen atoms in total. The molecule has 0 spiro atoms. The summed E-state index contributed by atoms with van der Waals surface area (Å²) < 4.78 is 1.66. The first-order valence-electron chi connectivity index (χ1n) is 10.6. The van der Waals surface area contributed by atoms with Gasteiger partial charge in [-0.1, -0.05) is 16.8 Å². The minimum atomic E-state index is -0.133. The van der Waals surface area contributed by atoms with Crippen LogP contribution in [0.1, 0.15) is 28.8 Å². The van der Waals surface area contributed by atoms with Gasteiger partial charge in [0.1, 0.15) is 5.52 Å². The van der Waals surface area contributed by atoms with Gasteiger partial charge >= 0.3 is 0 Å². The molecule has 1 aromatic carbocycles. The highest BCUT2D eigenvalue weighted by Crippen LogP contribution is 2.31. The Hall–Kier alpha value is -3.36. The molecule has 3 aromatic heterocycles. The molecule has 0 bridgehead atoms. The quantitative estimate of drug-likeness (QED) is 0.514. The van der Waals surface area contributed by atoms with Crippen molar-refractivity contribution in [2.75, 3.05) is 18.0 Å². The lowest BCUT2D eigenvalue weighted by Crippen LogP contribution is -2.49. The van der Waals surface area contributed by atoms with Gasteiger partial charge in [-0.05, 0) is 74.3 Å². The summed E-state index contributed by atoms with van der Waals surface area (Å²) in [5.74, 6) is 0.368. The van der Waals surface area contributed by atoms with Crippen LogP contribution in [0.4, 0.5) is 5.82 Å². The fourth-order valence-electron chi connectivity index (χ4n) is 4.01. The van der Waals surface area contributed by atoms with Crippen molar-refractivity contribution in [3.63, 3.8) is 0 Å². The smallest absolute Gasteiger partial charge is 0.259 e. The summed E-state index contributed by atoms with van der Waals surface area (Å²) in [4.78, 5) is 24.2. The lowest BCUT2D eigenvalue weighted by molar-refractivity contribution is 0.0971. The summed E-state index contributed by atoms with van der Waals surface area (Å²) >= 11 is 6.58. The first-order valence-corrected chi connectivity index (χ1v) is 10.9. The average molecular weight is 448 g/mol. The van der Waals surface area contributed by atoms with Gasteiger partial charge < -0.3 is 5.32 Å². The van der Waals surface area contributed by atoms with Crippen LogP contribution in [-0.2, 0) is 0 Å². The molecule has 1 aliphatic heterocycles. The van der Waals surface area contributed by atoms with Crippen molar-refractivity contribution in [3.8, 4) is 5.69 Å². The second kappa shape index (κ2) is 8.64. The van der Waals surface area contributed by atoms with E-state index in [0.29, 0.717) is 34.1 Å². The molecule has 32 heavy (non-hydrogen) atoms. The minimum Gasteiger partial charge on any atom is -0.315 e. The maximum Gasteiger partial charge on any atom is 0.259 e. The third-order valence-electron chi connectivity index (χ3n) is 5.71. The number of hydrogen-bond donors (Lipinski definition) is 1. The summed E-state index contributed by atoms with van der Waals surface area (Å²) in [6.07, 6.45) is 5.27. The van der Waals surface area contributed by atoms with Gasteiger partial charge in [-0.25, -0.2) is 9.97 Å². The zero-order valence-corrected chi connectivity index (χ0v) is 18.3. The standard InChI is InChI=1S/C23H22ClN7O/c1-15-10-13-27-22(20(15)24)30(18-4-2-11-25-14-18)23(32)16-6-8-17(9-7-16)31-21-19(28-29-31)5-3-12-26-21/h3,5-10,12-13,18,25H,2,4,11,14H2,1H3/t18-/m1/s1. The highest BCUT2D eigenvalue weighted by Gasteiger charge is 2.30. The molecule has 1 aliphatic rings. The topological polar surface area (TPSA) is 88.8 Å². The van der Waals surface area contributed by atoms with Crippen LogP contribution in [-0.4, -0.2) is 50.0 Å². The Balaban J connectivity index is 1.50. The average Bonchev–Trinajstić information content (AvgIpc) is 3.27. The third-order valence-corrected chi connectivity index (χ3v) is 6.18. The van der Waals surface area contributed by atoms with E-state index in [-0.39, 0.29) is 11.9 Å². The van der Waals surface area contributed by atoms with E-state index >= 15 is 0 Å². The molecular formula is C23H22ClN7O. The Morgan fingerprint density at radius 2 is 2.00 bits per heavy atom. The molecular weight excluding hydrogens is 426 g/mol. The van der Waals surface area contributed by atoms with Crippen LogP contribution in [0, 0.1) is 6.92 Å². The van der Waals surface area contributed by atoms with Crippen LogP contribution >= 0.6 is 11.6 Å². The van der Waals surface area contributed by atoms with Crippen LogP contribution in [0.25, 0.3) is 16.9 Å². The predicted octanol–water partition coefficient (Wildman–Crippen LogP) is 3.57. The van der Waals surface area contributed by atoms with E-state index in [9.17, 15) is 4.79 Å². The number of halogens is 1. The van der Waals surface area contributed by atoms with Gasteiger partial charge in [-0.2, -0.15) is 4.68 Å². The fourth-order valence-corrected chi connectivity index (χ4v) is 4.21. The fraction of sp³-hybridized carbons (Fsp3) is 0.261. The number of carbonyl (C=O) groups is 1. The Morgan fingerprint density at radius 1 is 1.16 bits per heavy atom. The lowest BCUT2D eigenvalue weighted by Gasteiger charge is -2.34. The second-order valence-electron chi connectivity index (χ2n) is 7.84. The number of nitrogens with zero attached hydrogens (tertiary/aromatic N) is 6. The highest BCUT2D eigenvalue weighted by molar-refractivity contribution is 6.34. The summed E-state index contributed by atoms with van der Waals surface area (Å²) in [7, 11) is 0. The number of benzene rings is 1. The summed E-state index contributed by atoms with van der Waals surface area (Å²) in [6.45, 7) is 3.56. The van der Waals surface area contributed by atoms with E-state index in [1.807, 2.05) is 37.3 Å². The van der Waals surface area contributed by atoms with E-state index in [4.69, 9.17) is 11.6 Å². The molecule has 1 atom stereocenters. The molecule has 9 heteroatoms. The van der Waals surface area contributed by atoms with Gasteiger partial charge in [0.25, 0.3) is 5.91 Å². The SMILES string of the molecule is Cc1ccnc(N(C(=O)c2ccc(-n3nnc4cccnc43)cc2)[C@@H]2CCCNC2)c1Cl. The van der Waals surface area contributed by atoms with Crippen molar-refractivity contribution < 1.29 is 4.79 Å². The largest absolute Gasteiger partial charge is 0.315 e. The minimum absolute atomic E-state index is 0.0221. The number of anilines is 1. The molecule has 1 amide bonds. The van der Waals surface area contributed by atoms with Crippen molar-refractivity contribution in [2.24, 2.45) is 0 Å². The van der Waals surface area contributed by atoms with Gasteiger partial charge in [0.2, 0.25) is 0 Å². The van der Waals surface area contributed by atoms with Crippen LogP contribution in [0.3, 0.4) is 0 Å². The number of rotatable bonds is 4. The molecule has 0 saturated carbocycles. The molecule has 5 rings (SSSR count). The monoisotopic (exact) mass is 447 g/mol. The van der Waals surface area contributed by atoms with Crippen molar-refractivity contribution in [3.05, 3.63) is 71.0 Å². The first-order chi connectivity index (χ1) is 15.6. The Bertz CT molecular complexity index is 1270. The summed E-state index contributed by atoms with van der Waals surface area (Å²) in [5.41, 5.74) is 3.59. The number of nitrogens with one attached hydrogen (secondary N) is 1. The third kappa shape index (κ3) is 3.72. The molecule has 1 N–H and O–H groups in total. The van der Waals surface area contributed by atoms with Gasteiger partial charge in [0, 0.05) is 24.5 Å². The highest BCUT2D eigenvalue weighted by atomic mass is 35.5. The second-order valence-corrected chi connectivity index (χ2v) is 8.21. The Kier molecular flexibility index (Phi) is 5.55. The summed E-state index contributed by atoms with van der Waals surface area (Å²) in [6, 6.07) is 12.8. The number of fused-ring (bicyclic) bond motifs is 1. The van der Waals surface area contributed by atoms with E-state index < -0.39 is 0 Å². The van der Waals surface area contributed by atoms with Gasteiger partial charge in [0.05, 0.1) is 16.8 Å². The lowest BCUT2D eigenvalue weighted by atomic mass is 10.0. The van der Waals surface area contributed by atoms with Crippen molar-refractivity contribution in [2.45, 2.75) is 25.8 Å². The molecule has 4 heterocycles. The Morgan fingerprint density at radius 3 is 2.78 bits per heavy atom. The number of aryl methyl sites for hydroxylation is 1. The normalized spacial score (nSPS) is 16.2. The molecule has 0 radical (unpaired) electrons. The molecule has 1 fully saturated rings. The van der Waals surface area contributed by atoms with Crippen LogP contribution < -0.4 is 10.2 Å². The molecule has 0 aliphatic carbocycles. The number of carbonyl (C=O) groups excluding carboxylic acids is 1. The van der Waals surface area contributed by atoms with Crippen molar-refractivity contribution in [1.29, 1.82) is 0 Å². The molecule has 4 aromatic rings. The zero-order chi connectivity index (χ0) is 22.1. The van der Waals surface area contributed by atoms with Crippen molar-refractivity contribution in [1.82, 2.24) is 30.3 Å². The zero-order valence-electron chi connectivity index (χ0n) is 17.6. The number of piperidine rings is 1. The van der Waals surface area contributed by atoms with Gasteiger partial charge in [-0.3, -0.25) is 9.69 Å². The van der Waals surface area contributed by atoms with Gasteiger partial charge in [0.15, 0.2) is 11.5 Å². The Labute approximate surface area is 190 Å². The van der Waals surface area contributed by atoms with Crippen LogP contribution in [0.15, 0.2) is 54.9 Å². The van der Waals surface area contributed by atoms with Crippen LogP contribution in [0.5, 0.6) is 0 Å². The molecule has 1 saturated heterocycles. The molecule has 162 valence electrons. The summed E-state index contributed by atoms with van der Waals surface area (Å²) in [5, 5.41) is 12.2. The van der Waals surface area contributed by atoms with Crippen LogP contribution in [0.2, 0.25) is 5.02 Å². The predicted molar refractivity (Wildman–Crippen MR) is 123 cm³/mol. The van der Waals surface area contributed by atoms with E-state index in [1.165, 1.54) is 0 Å². The van der Waals surface area contributed by atoms with Gasteiger partial charge in [-0.15, -0.1) is 5.10 Å². The van der Waals surface area contributed by atoms with Crippen molar-refractivity contribution >= 4 is 34.5 Å².